The molecule has 2 nitrogen and oxygen atoms in total. The number of rotatable bonds is 4. The Kier molecular flexibility index (Phi) is 3.72. The third-order valence-corrected chi connectivity index (χ3v) is 6.94. The van der Waals surface area contributed by atoms with Crippen LogP contribution in [0.1, 0.15) is 44.0 Å². The first-order valence-electron chi connectivity index (χ1n) is 7.36. The summed E-state index contributed by atoms with van der Waals surface area (Å²) in [5, 5.41) is 6.58. The first-order chi connectivity index (χ1) is 9.09. The van der Waals surface area contributed by atoms with Crippen molar-refractivity contribution >= 4 is 27.5 Å². The lowest BCUT2D eigenvalue weighted by atomic mass is 9.71. The van der Waals surface area contributed by atoms with Gasteiger partial charge >= 0.3 is 0 Å². The van der Waals surface area contributed by atoms with E-state index in [-0.39, 0.29) is 0 Å². The van der Waals surface area contributed by atoms with Crippen LogP contribution < -0.4 is 0 Å². The Hall–Kier alpha value is -0.0200. The lowest BCUT2D eigenvalue weighted by Crippen LogP contribution is -2.32. The fraction of sp³-hybridized carbons (Fsp3) is 0.800. The lowest BCUT2D eigenvalue weighted by Gasteiger charge is -2.36. The molecule has 106 valence electrons. The summed E-state index contributed by atoms with van der Waals surface area (Å²) < 4.78 is 2.01. The van der Waals surface area contributed by atoms with E-state index in [1.165, 1.54) is 31.4 Å². The van der Waals surface area contributed by atoms with E-state index in [1.807, 2.05) is 11.7 Å². The monoisotopic (exact) mass is 344 g/mol. The normalized spacial score (nSPS) is 33.3. The van der Waals surface area contributed by atoms with Gasteiger partial charge in [0.2, 0.25) is 0 Å². The SMILES string of the molecule is CCc1nn(C)c(CC2(CBr)CC3CCC2C3)c1Cl. The molecule has 3 atom stereocenters. The third-order valence-electron chi connectivity index (χ3n) is 5.39. The zero-order chi connectivity index (χ0) is 13.6. The lowest BCUT2D eigenvalue weighted by molar-refractivity contribution is 0.193. The molecule has 19 heavy (non-hydrogen) atoms. The van der Waals surface area contributed by atoms with Crippen LogP contribution in [0.5, 0.6) is 0 Å². The molecule has 2 fully saturated rings. The molecule has 2 aliphatic rings. The van der Waals surface area contributed by atoms with Gasteiger partial charge < -0.3 is 0 Å². The number of hydrogen-bond donors (Lipinski definition) is 0. The molecule has 3 unspecified atom stereocenters. The maximum absolute atomic E-state index is 6.53. The first kappa shape index (κ1) is 13.9. The molecule has 0 spiro atoms. The molecule has 0 amide bonds. The zero-order valence-corrected chi connectivity index (χ0v) is 14.1. The molecular formula is C15H22BrClN2. The Balaban J connectivity index is 1.90. The molecular weight excluding hydrogens is 324 g/mol. The van der Waals surface area contributed by atoms with Gasteiger partial charge in [-0.25, -0.2) is 0 Å². The van der Waals surface area contributed by atoms with Crippen molar-refractivity contribution < 1.29 is 0 Å². The van der Waals surface area contributed by atoms with Gasteiger partial charge in [0.15, 0.2) is 0 Å². The predicted molar refractivity (Wildman–Crippen MR) is 83.0 cm³/mol. The molecule has 0 radical (unpaired) electrons. The molecule has 4 heteroatoms. The molecule has 1 heterocycles. The van der Waals surface area contributed by atoms with Crippen molar-refractivity contribution in [2.24, 2.45) is 24.3 Å². The highest BCUT2D eigenvalue weighted by atomic mass is 79.9. The summed E-state index contributed by atoms with van der Waals surface area (Å²) in [6.07, 6.45) is 7.65. The van der Waals surface area contributed by atoms with E-state index in [1.54, 1.807) is 0 Å². The van der Waals surface area contributed by atoms with E-state index < -0.39 is 0 Å². The summed E-state index contributed by atoms with van der Waals surface area (Å²) in [5.41, 5.74) is 2.71. The summed E-state index contributed by atoms with van der Waals surface area (Å²) in [7, 11) is 2.04. The number of fused-ring (bicyclic) bond motifs is 2. The molecule has 0 aliphatic heterocycles. The van der Waals surface area contributed by atoms with Crippen LogP contribution in [0.2, 0.25) is 5.02 Å². The van der Waals surface area contributed by atoms with Crippen LogP contribution in [0.3, 0.4) is 0 Å². The maximum atomic E-state index is 6.53. The molecule has 1 aromatic rings. The second kappa shape index (κ2) is 5.07. The van der Waals surface area contributed by atoms with Gasteiger partial charge in [-0.3, -0.25) is 4.68 Å². The average Bonchev–Trinajstić information content (AvgIpc) is 3.07. The van der Waals surface area contributed by atoms with Crippen LogP contribution in [0, 0.1) is 17.3 Å². The summed E-state index contributed by atoms with van der Waals surface area (Å²) in [6.45, 7) is 2.12. The Morgan fingerprint density at radius 3 is 2.74 bits per heavy atom. The predicted octanol–water partition coefficient (Wildman–Crippen LogP) is 4.38. The number of alkyl halides is 1. The zero-order valence-electron chi connectivity index (χ0n) is 11.8. The fourth-order valence-corrected chi connectivity index (χ4v) is 5.58. The Labute approximate surface area is 129 Å². The van der Waals surface area contributed by atoms with Crippen molar-refractivity contribution in [1.82, 2.24) is 9.78 Å². The number of halogens is 2. The molecule has 1 aromatic heterocycles. The van der Waals surface area contributed by atoms with Crippen molar-refractivity contribution in [3.8, 4) is 0 Å². The molecule has 0 N–H and O–H groups in total. The van der Waals surface area contributed by atoms with E-state index in [0.29, 0.717) is 5.41 Å². The Morgan fingerprint density at radius 1 is 1.47 bits per heavy atom. The highest BCUT2D eigenvalue weighted by Crippen LogP contribution is 2.58. The highest BCUT2D eigenvalue weighted by molar-refractivity contribution is 9.09. The molecule has 2 saturated carbocycles. The van der Waals surface area contributed by atoms with Crippen molar-refractivity contribution in [1.29, 1.82) is 0 Å². The van der Waals surface area contributed by atoms with Crippen LogP contribution in [-0.2, 0) is 19.9 Å². The minimum atomic E-state index is 0.422. The van der Waals surface area contributed by atoms with Gasteiger partial charge in [-0.1, -0.05) is 40.9 Å². The standard InChI is InChI=1S/C15H22BrClN2/c1-3-12-14(17)13(19(2)18-12)8-15(9-16)7-10-4-5-11(15)6-10/h10-11H,3-9H2,1-2H3. The molecule has 3 rings (SSSR count). The molecule has 0 aromatic carbocycles. The van der Waals surface area contributed by atoms with Gasteiger partial charge in [0.05, 0.1) is 16.4 Å². The summed E-state index contributed by atoms with van der Waals surface area (Å²) in [4.78, 5) is 0. The number of nitrogens with zero attached hydrogens (tertiary/aromatic N) is 2. The number of aryl methyl sites for hydroxylation is 2. The van der Waals surface area contributed by atoms with E-state index in [4.69, 9.17) is 11.6 Å². The first-order valence-corrected chi connectivity index (χ1v) is 8.85. The minimum Gasteiger partial charge on any atom is -0.271 e. The third kappa shape index (κ3) is 2.17. The van der Waals surface area contributed by atoms with Crippen LogP contribution >= 0.6 is 27.5 Å². The Morgan fingerprint density at radius 2 is 2.26 bits per heavy atom. The molecule has 0 saturated heterocycles. The smallest absolute Gasteiger partial charge is 0.0849 e. The van der Waals surface area contributed by atoms with Gasteiger partial charge in [-0.2, -0.15) is 5.10 Å². The second-order valence-electron chi connectivity index (χ2n) is 6.44. The van der Waals surface area contributed by atoms with E-state index >= 15 is 0 Å². The minimum absolute atomic E-state index is 0.422. The molecule has 2 bridgehead atoms. The van der Waals surface area contributed by atoms with Crippen LogP contribution in [0.25, 0.3) is 0 Å². The van der Waals surface area contributed by atoms with Crippen molar-refractivity contribution in [2.75, 3.05) is 5.33 Å². The van der Waals surface area contributed by atoms with E-state index in [0.717, 1.165) is 40.7 Å². The fourth-order valence-electron chi connectivity index (χ4n) is 4.33. The number of hydrogen-bond acceptors (Lipinski definition) is 1. The van der Waals surface area contributed by atoms with E-state index in [9.17, 15) is 0 Å². The van der Waals surface area contributed by atoms with Gasteiger partial charge in [-0.15, -0.1) is 0 Å². The van der Waals surface area contributed by atoms with Gasteiger partial charge in [0, 0.05) is 12.4 Å². The summed E-state index contributed by atoms with van der Waals surface area (Å²) in [5.74, 6) is 1.84. The van der Waals surface area contributed by atoms with Crippen molar-refractivity contribution in [3.63, 3.8) is 0 Å². The average molecular weight is 346 g/mol. The van der Waals surface area contributed by atoms with E-state index in [2.05, 4.69) is 28.0 Å². The maximum Gasteiger partial charge on any atom is 0.0849 e. The topological polar surface area (TPSA) is 17.8 Å². The quantitative estimate of drug-likeness (QED) is 0.740. The highest BCUT2D eigenvalue weighted by Gasteiger charge is 2.50. The largest absolute Gasteiger partial charge is 0.271 e. The van der Waals surface area contributed by atoms with Gasteiger partial charge in [0.1, 0.15) is 0 Å². The Bertz CT molecular complexity index is 485. The van der Waals surface area contributed by atoms with Gasteiger partial charge in [-0.05, 0) is 49.4 Å². The van der Waals surface area contributed by atoms with Gasteiger partial charge in [0.25, 0.3) is 0 Å². The summed E-state index contributed by atoms with van der Waals surface area (Å²) in [6, 6.07) is 0. The van der Waals surface area contributed by atoms with Crippen molar-refractivity contribution in [3.05, 3.63) is 16.4 Å². The van der Waals surface area contributed by atoms with Crippen molar-refractivity contribution in [2.45, 2.75) is 45.4 Å². The summed E-state index contributed by atoms with van der Waals surface area (Å²) >= 11 is 10.3. The van der Waals surface area contributed by atoms with Crippen LogP contribution in [0.15, 0.2) is 0 Å². The second-order valence-corrected chi connectivity index (χ2v) is 7.38. The number of aromatic nitrogens is 2. The molecule has 2 aliphatic carbocycles. The van der Waals surface area contributed by atoms with Crippen LogP contribution in [-0.4, -0.2) is 15.1 Å². The van der Waals surface area contributed by atoms with Crippen LogP contribution in [0.4, 0.5) is 0 Å².